The number of carbonyl (C=O) groups excluding carboxylic acids is 1. The fourth-order valence-corrected chi connectivity index (χ4v) is 1.09. The Balaban J connectivity index is 4.18. The summed E-state index contributed by atoms with van der Waals surface area (Å²) in [7, 11) is 0. The molecule has 0 bridgehead atoms. The quantitative estimate of drug-likeness (QED) is 0.509. The molecule has 0 aromatic carbocycles. The number of nitrogens with one attached hydrogen (secondary N) is 2. The van der Waals surface area contributed by atoms with E-state index < -0.39 is 18.0 Å². The van der Waals surface area contributed by atoms with Crippen LogP contribution in [0.1, 0.15) is 20.3 Å². The zero-order valence-corrected chi connectivity index (χ0v) is 8.47. The summed E-state index contributed by atoms with van der Waals surface area (Å²) in [5.74, 6) is -0.193. The van der Waals surface area contributed by atoms with E-state index in [-0.39, 0.29) is 5.92 Å². The number of hydrogen-bond acceptors (Lipinski definition) is 3. The van der Waals surface area contributed by atoms with Crippen LogP contribution in [-0.4, -0.2) is 23.1 Å². The van der Waals surface area contributed by atoms with Crippen LogP contribution in [0.3, 0.4) is 0 Å². The highest BCUT2D eigenvalue weighted by molar-refractivity contribution is 7.78. The maximum atomic E-state index is 11.1. The number of rotatable bonds is 4. The van der Waals surface area contributed by atoms with Gasteiger partial charge in [-0.1, -0.05) is 26.7 Å². The summed E-state index contributed by atoms with van der Waals surface area (Å²) < 4.78 is 2.11. The van der Waals surface area contributed by atoms with E-state index in [0.717, 1.165) is 0 Å². The van der Waals surface area contributed by atoms with Crippen molar-refractivity contribution in [2.24, 2.45) is 5.92 Å². The van der Waals surface area contributed by atoms with E-state index >= 15 is 0 Å². The first-order chi connectivity index (χ1) is 5.97. The van der Waals surface area contributed by atoms with E-state index in [2.05, 4.69) is 22.9 Å². The van der Waals surface area contributed by atoms with Gasteiger partial charge >= 0.3 is 6.09 Å². The third-order valence-electron chi connectivity index (χ3n) is 1.43. The molecule has 1 atom stereocenters. The van der Waals surface area contributed by atoms with Gasteiger partial charge in [0.25, 0.3) is 5.91 Å². The molecule has 13 heavy (non-hydrogen) atoms. The highest BCUT2D eigenvalue weighted by Gasteiger charge is 2.20. The summed E-state index contributed by atoms with van der Waals surface area (Å²) in [6, 6.07) is -0.727. The number of amides is 2. The van der Waals surface area contributed by atoms with E-state index in [0.29, 0.717) is 6.42 Å². The lowest BCUT2D eigenvalue weighted by molar-refractivity contribution is -0.121. The van der Waals surface area contributed by atoms with Crippen molar-refractivity contribution in [3.8, 4) is 0 Å². The second-order valence-corrected chi connectivity index (χ2v) is 3.33. The molecule has 0 fully saturated rings. The van der Waals surface area contributed by atoms with E-state index in [4.69, 9.17) is 5.11 Å². The molecule has 1 unspecified atom stereocenters. The topological polar surface area (TPSA) is 78.4 Å². The zero-order valence-electron chi connectivity index (χ0n) is 7.57. The Bertz CT molecular complexity index is 196. The molecule has 0 radical (unpaired) electrons. The number of hydrogen-bond donors (Lipinski definition) is 4. The van der Waals surface area contributed by atoms with Crippen LogP contribution in [0, 0.1) is 5.92 Å². The monoisotopic (exact) mass is 206 g/mol. The number of carboxylic acid groups (broad SMARTS) is 1. The molecule has 3 N–H and O–H groups in total. The van der Waals surface area contributed by atoms with Crippen molar-refractivity contribution in [2.45, 2.75) is 26.3 Å². The molecule has 6 heteroatoms. The molecule has 2 amide bonds. The van der Waals surface area contributed by atoms with Gasteiger partial charge in [0.05, 0.1) is 0 Å². The van der Waals surface area contributed by atoms with Crippen molar-refractivity contribution in [1.29, 1.82) is 0 Å². The fourth-order valence-electron chi connectivity index (χ4n) is 0.930. The molecule has 0 saturated carbocycles. The van der Waals surface area contributed by atoms with Gasteiger partial charge in [0.2, 0.25) is 0 Å². The lowest BCUT2D eigenvalue weighted by Crippen LogP contribution is -2.44. The molecule has 5 nitrogen and oxygen atoms in total. The summed E-state index contributed by atoms with van der Waals surface area (Å²) in [5.41, 5.74) is 0. The Morgan fingerprint density at radius 3 is 2.31 bits per heavy atom. The lowest BCUT2D eigenvalue weighted by Gasteiger charge is -2.16. The molecule has 0 aromatic heterocycles. The second-order valence-electron chi connectivity index (χ2n) is 3.11. The normalized spacial score (nSPS) is 12.3. The third kappa shape index (κ3) is 5.35. The Morgan fingerprint density at radius 1 is 1.46 bits per heavy atom. The van der Waals surface area contributed by atoms with Crippen LogP contribution in [0.4, 0.5) is 4.79 Å². The Labute approximate surface area is 82.4 Å². The molecule has 0 heterocycles. The van der Waals surface area contributed by atoms with Gasteiger partial charge in [0.15, 0.2) is 0 Å². The van der Waals surface area contributed by atoms with Gasteiger partial charge in [-0.25, -0.2) is 4.79 Å². The van der Waals surface area contributed by atoms with Crippen LogP contribution >= 0.6 is 12.8 Å². The number of thiol groups is 1. The van der Waals surface area contributed by atoms with Gasteiger partial charge in [0, 0.05) is 0 Å². The fraction of sp³-hybridized carbons (Fsp3) is 0.714. The molecule has 0 aliphatic rings. The van der Waals surface area contributed by atoms with Crippen molar-refractivity contribution < 1.29 is 14.7 Å². The summed E-state index contributed by atoms with van der Waals surface area (Å²) in [4.78, 5) is 21.4. The van der Waals surface area contributed by atoms with Gasteiger partial charge < -0.3 is 15.1 Å². The smallest absolute Gasteiger partial charge is 0.405 e. The lowest BCUT2D eigenvalue weighted by atomic mass is 10.0. The maximum absolute atomic E-state index is 11.1. The summed E-state index contributed by atoms with van der Waals surface area (Å²) in [6.07, 6.45) is -0.749. The van der Waals surface area contributed by atoms with Crippen LogP contribution < -0.4 is 10.0 Å². The van der Waals surface area contributed by atoms with E-state index in [1.807, 2.05) is 13.8 Å². The summed E-state index contributed by atoms with van der Waals surface area (Å²) in [6.45, 7) is 3.81. The van der Waals surface area contributed by atoms with E-state index in [1.165, 1.54) is 0 Å². The van der Waals surface area contributed by atoms with Crippen molar-refractivity contribution in [3.05, 3.63) is 0 Å². The first-order valence-corrected chi connectivity index (χ1v) is 4.35. The van der Waals surface area contributed by atoms with Crippen molar-refractivity contribution in [3.63, 3.8) is 0 Å². The first-order valence-electron chi connectivity index (χ1n) is 3.90. The molecule has 76 valence electrons. The van der Waals surface area contributed by atoms with Crippen LogP contribution in [0.5, 0.6) is 0 Å². The van der Waals surface area contributed by atoms with E-state index in [1.54, 1.807) is 0 Å². The highest BCUT2D eigenvalue weighted by atomic mass is 32.1. The first kappa shape index (κ1) is 12.1. The van der Waals surface area contributed by atoms with Crippen molar-refractivity contribution in [1.82, 2.24) is 10.0 Å². The molecular weight excluding hydrogens is 192 g/mol. The van der Waals surface area contributed by atoms with Crippen LogP contribution in [0.25, 0.3) is 0 Å². The SMILES string of the molecule is CC(C)CC(NC(=O)O)C(=O)NS. The minimum atomic E-state index is -1.21. The minimum absolute atomic E-state index is 0.238. The molecule has 0 aliphatic carbocycles. The molecule has 0 spiro atoms. The van der Waals surface area contributed by atoms with Gasteiger partial charge in [-0.05, 0) is 12.3 Å². The van der Waals surface area contributed by atoms with Gasteiger partial charge in [-0.15, -0.1) is 0 Å². The Hall–Kier alpha value is -0.910. The molecule has 0 aliphatic heterocycles. The highest BCUT2D eigenvalue weighted by Crippen LogP contribution is 2.04. The Morgan fingerprint density at radius 2 is 2.00 bits per heavy atom. The number of carbonyl (C=O) groups is 2. The average Bonchev–Trinajstić information content (AvgIpc) is 2.00. The van der Waals surface area contributed by atoms with Crippen LogP contribution in [0.15, 0.2) is 0 Å². The van der Waals surface area contributed by atoms with Gasteiger partial charge in [0.1, 0.15) is 6.04 Å². The summed E-state index contributed by atoms with van der Waals surface area (Å²) in [5, 5.41) is 10.5. The summed E-state index contributed by atoms with van der Waals surface area (Å²) >= 11 is 3.57. The largest absolute Gasteiger partial charge is 0.465 e. The molecule has 0 saturated heterocycles. The predicted octanol–water partition coefficient (Wildman–Crippen LogP) is 0.630. The van der Waals surface area contributed by atoms with Crippen LogP contribution in [-0.2, 0) is 4.79 Å². The molecule has 0 aromatic rings. The zero-order chi connectivity index (χ0) is 10.4. The maximum Gasteiger partial charge on any atom is 0.405 e. The van der Waals surface area contributed by atoms with Crippen LogP contribution in [0.2, 0.25) is 0 Å². The van der Waals surface area contributed by atoms with Gasteiger partial charge in [-0.3, -0.25) is 4.79 Å². The van der Waals surface area contributed by atoms with Crippen molar-refractivity contribution >= 4 is 24.8 Å². The minimum Gasteiger partial charge on any atom is -0.465 e. The molecular formula is C7H14N2O3S. The molecule has 0 rings (SSSR count). The second kappa shape index (κ2) is 5.69. The third-order valence-corrected chi connectivity index (χ3v) is 1.65. The predicted molar refractivity (Wildman–Crippen MR) is 51.5 cm³/mol. The standard InChI is InChI=1S/C7H14N2O3S/c1-4(2)3-5(6(10)9-13)8-7(11)12/h4-5,8,13H,3H2,1-2H3,(H,9,10)(H,11,12). The Kier molecular flexibility index (Phi) is 5.29. The average molecular weight is 206 g/mol. The van der Waals surface area contributed by atoms with Crippen molar-refractivity contribution in [2.75, 3.05) is 0 Å². The van der Waals surface area contributed by atoms with Gasteiger partial charge in [-0.2, -0.15) is 0 Å². The van der Waals surface area contributed by atoms with E-state index in [9.17, 15) is 9.59 Å².